The van der Waals surface area contributed by atoms with Crippen LogP contribution < -0.4 is 0 Å². The monoisotopic (exact) mass is 272 g/mol. The van der Waals surface area contributed by atoms with Gasteiger partial charge in [0.25, 0.3) is 0 Å². The number of hydrogen-bond donors (Lipinski definition) is 0. The van der Waals surface area contributed by atoms with Crippen molar-refractivity contribution >= 4 is 9.28 Å². The molecule has 2 fully saturated rings. The Bertz CT molecular complexity index is 243. The van der Waals surface area contributed by atoms with Crippen molar-refractivity contribution in [1.29, 1.82) is 0 Å². The van der Waals surface area contributed by atoms with Gasteiger partial charge in [0.05, 0.1) is 12.2 Å². The third kappa shape index (κ3) is 4.05. The minimum absolute atomic E-state index is 0.609. The van der Waals surface area contributed by atoms with E-state index < -0.39 is 9.28 Å². The minimum atomic E-state index is -1.38. The normalized spacial score (nSPS) is 32.3. The molecule has 0 spiro atoms. The SMILES string of the molecule is CCO[SiH](CCC(C)C1CCC2OC2C1)OCC. The standard InChI is InChI=1S/C14H28O3Si/c1-4-15-18(16-5-2)9-8-11(3)12-6-7-13-14(10-12)17-13/h11-14,18H,4-10H2,1-3H3. The third-order valence-corrected chi connectivity index (χ3v) is 6.63. The van der Waals surface area contributed by atoms with Gasteiger partial charge in [-0.3, -0.25) is 0 Å². The maximum atomic E-state index is 5.74. The Balaban J connectivity index is 1.67. The molecule has 2 rings (SSSR count). The van der Waals surface area contributed by atoms with Gasteiger partial charge in [-0.15, -0.1) is 0 Å². The average molecular weight is 272 g/mol. The van der Waals surface area contributed by atoms with Gasteiger partial charge in [0.15, 0.2) is 0 Å². The van der Waals surface area contributed by atoms with Gasteiger partial charge in [-0.2, -0.15) is 0 Å². The van der Waals surface area contributed by atoms with Gasteiger partial charge in [-0.1, -0.05) is 6.92 Å². The molecule has 1 saturated heterocycles. The van der Waals surface area contributed by atoms with Crippen LogP contribution in [-0.2, 0) is 13.6 Å². The fourth-order valence-corrected chi connectivity index (χ4v) is 5.14. The number of hydrogen-bond acceptors (Lipinski definition) is 3. The van der Waals surface area contributed by atoms with Crippen molar-refractivity contribution in [1.82, 2.24) is 0 Å². The first-order valence-electron chi connectivity index (χ1n) is 7.63. The molecule has 4 unspecified atom stereocenters. The van der Waals surface area contributed by atoms with E-state index in [1.165, 1.54) is 25.7 Å². The van der Waals surface area contributed by atoms with Gasteiger partial charge >= 0.3 is 9.28 Å². The smallest absolute Gasteiger partial charge is 0.321 e. The highest BCUT2D eigenvalue weighted by atomic mass is 28.3. The summed E-state index contributed by atoms with van der Waals surface area (Å²) in [7, 11) is -1.38. The molecule has 1 aliphatic carbocycles. The highest BCUT2D eigenvalue weighted by Crippen LogP contribution is 2.43. The van der Waals surface area contributed by atoms with Crippen LogP contribution in [0.15, 0.2) is 0 Å². The van der Waals surface area contributed by atoms with E-state index in [0.29, 0.717) is 12.2 Å². The van der Waals surface area contributed by atoms with E-state index in [-0.39, 0.29) is 0 Å². The number of epoxide rings is 1. The van der Waals surface area contributed by atoms with Crippen LogP contribution in [-0.4, -0.2) is 34.7 Å². The van der Waals surface area contributed by atoms with Crippen LogP contribution in [0.25, 0.3) is 0 Å². The van der Waals surface area contributed by atoms with Crippen molar-refractivity contribution in [3.05, 3.63) is 0 Å². The van der Waals surface area contributed by atoms with Gasteiger partial charge in [0.2, 0.25) is 0 Å². The van der Waals surface area contributed by atoms with Crippen molar-refractivity contribution in [2.45, 2.75) is 64.7 Å². The molecule has 4 atom stereocenters. The molecule has 0 radical (unpaired) electrons. The zero-order chi connectivity index (χ0) is 13.0. The van der Waals surface area contributed by atoms with Crippen LogP contribution in [0.5, 0.6) is 0 Å². The van der Waals surface area contributed by atoms with Gasteiger partial charge in [-0.25, -0.2) is 0 Å². The Morgan fingerprint density at radius 3 is 2.50 bits per heavy atom. The lowest BCUT2D eigenvalue weighted by molar-refractivity contribution is 0.205. The lowest BCUT2D eigenvalue weighted by Crippen LogP contribution is -2.26. The van der Waals surface area contributed by atoms with Crippen molar-refractivity contribution in [3.63, 3.8) is 0 Å². The molecule has 0 N–H and O–H groups in total. The lowest BCUT2D eigenvalue weighted by atomic mass is 9.80. The molecule has 4 heteroatoms. The van der Waals surface area contributed by atoms with Gasteiger partial charge < -0.3 is 13.6 Å². The Labute approximate surface area is 113 Å². The summed E-state index contributed by atoms with van der Waals surface area (Å²) in [6.45, 7) is 8.12. The van der Waals surface area contributed by atoms with E-state index in [0.717, 1.165) is 31.1 Å². The summed E-state index contributed by atoms with van der Waals surface area (Å²) in [5.74, 6) is 1.66. The van der Waals surface area contributed by atoms with Crippen LogP contribution in [0.3, 0.4) is 0 Å². The predicted octanol–water partition coefficient (Wildman–Crippen LogP) is 2.87. The molecular weight excluding hydrogens is 244 g/mol. The Morgan fingerprint density at radius 1 is 1.17 bits per heavy atom. The van der Waals surface area contributed by atoms with Crippen molar-refractivity contribution in [2.75, 3.05) is 13.2 Å². The summed E-state index contributed by atoms with van der Waals surface area (Å²) >= 11 is 0. The van der Waals surface area contributed by atoms with E-state index in [1.54, 1.807) is 0 Å². The Hall–Kier alpha value is 0.0969. The van der Waals surface area contributed by atoms with Gasteiger partial charge in [0.1, 0.15) is 0 Å². The first-order valence-corrected chi connectivity index (χ1v) is 9.39. The summed E-state index contributed by atoms with van der Waals surface area (Å²) in [6, 6.07) is 1.16. The van der Waals surface area contributed by atoms with E-state index in [9.17, 15) is 0 Å². The number of ether oxygens (including phenoxy) is 1. The second-order valence-corrected chi connectivity index (χ2v) is 7.78. The van der Waals surface area contributed by atoms with E-state index >= 15 is 0 Å². The summed E-state index contributed by atoms with van der Waals surface area (Å²) in [5.41, 5.74) is 0. The summed E-state index contributed by atoms with van der Waals surface area (Å²) in [5, 5.41) is 0. The molecule has 0 amide bonds. The maximum Gasteiger partial charge on any atom is 0.321 e. The molecular formula is C14H28O3Si. The third-order valence-electron chi connectivity index (χ3n) is 4.41. The van der Waals surface area contributed by atoms with Gasteiger partial charge in [0, 0.05) is 13.2 Å². The lowest BCUT2D eigenvalue weighted by Gasteiger charge is -2.26. The van der Waals surface area contributed by atoms with Crippen molar-refractivity contribution in [2.24, 2.45) is 11.8 Å². The van der Waals surface area contributed by atoms with E-state index in [4.69, 9.17) is 13.6 Å². The molecule has 1 heterocycles. The Kier molecular flexibility index (Phi) is 5.67. The fourth-order valence-electron chi connectivity index (χ4n) is 3.17. The quantitative estimate of drug-likeness (QED) is 0.503. The van der Waals surface area contributed by atoms with Crippen LogP contribution in [0.4, 0.5) is 0 Å². The second-order valence-electron chi connectivity index (χ2n) is 5.68. The molecule has 18 heavy (non-hydrogen) atoms. The molecule has 3 nitrogen and oxygen atoms in total. The molecule has 106 valence electrons. The highest BCUT2D eigenvalue weighted by Gasteiger charge is 2.44. The summed E-state index contributed by atoms with van der Waals surface area (Å²) in [6.07, 6.45) is 6.44. The average Bonchev–Trinajstić information content (AvgIpc) is 3.14. The first kappa shape index (κ1) is 14.5. The largest absolute Gasteiger partial charge is 0.397 e. The molecule has 1 aliphatic heterocycles. The van der Waals surface area contributed by atoms with Crippen LogP contribution in [0, 0.1) is 11.8 Å². The van der Waals surface area contributed by atoms with E-state index in [1.807, 2.05) is 0 Å². The Morgan fingerprint density at radius 2 is 1.89 bits per heavy atom. The molecule has 0 aromatic heterocycles. The van der Waals surface area contributed by atoms with E-state index in [2.05, 4.69) is 20.8 Å². The van der Waals surface area contributed by atoms with Gasteiger partial charge in [-0.05, 0) is 57.4 Å². The highest BCUT2D eigenvalue weighted by molar-refractivity contribution is 6.44. The summed E-state index contributed by atoms with van der Waals surface area (Å²) in [4.78, 5) is 0. The number of fused-ring (bicyclic) bond motifs is 1. The minimum Gasteiger partial charge on any atom is -0.397 e. The maximum absolute atomic E-state index is 5.74. The number of rotatable bonds is 8. The van der Waals surface area contributed by atoms with Crippen molar-refractivity contribution in [3.8, 4) is 0 Å². The van der Waals surface area contributed by atoms with Crippen LogP contribution in [0.2, 0.25) is 6.04 Å². The van der Waals surface area contributed by atoms with Crippen molar-refractivity contribution < 1.29 is 13.6 Å². The topological polar surface area (TPSA) is 31.0 Å². The zero-order valence-electron chi connectivity index (χ0n) is 12.1. The molecule has 0 aromatic carbocycles. The van der Waals surface area contributed by atoms with Crippen LogP contribution in [0.1, 0.15) is 46.5 Å². The first-order chi connectivity index (χ1) is 8.74. The zero-order valence-corrected chi connectivity index (χ0v) is 13.2. The fraction of sp³-hybridized carbons (Fsp3) is 1.00. The predicted molar refractivity (Wildman–Crippen MR) is 75.0 cm³/mol. The summed E-state index contributed by atoms with van der Waals surface area (Å²) < 4.78 is 17.1. The molecule has 1 saturated carbocycles. The second kappa shape index (κ2) is 7.03. The molecule has 2 aliphatic rings. The molecule has 0 aromatic rings. The van der Waals surface area contributed by atoms with Crippen LogP contribution >= 0.6 is 0 Å². The molecule has 0 bridgehead atoms.